The maximum Gasteiger partial charge on any atom is 0.421 e. The molecule has 362 valence electrons. The summed E-state index contributed by atoms with van der Waals surface area (Å²) < 4.78 is 67.3. The minimum atomic E-state index is -4.74. The number of alkyl halides is 3. The number of hydrogen-bond donors (Lipinski definition) is 5. The van der Waals surface area contributed by atoms with Gasteiger partial charge in [-0.15, -0.1) is 0 Å². The van der Waals surface area contributed by atoms with Crippen LogP contribution in [0.1, 0.15) is 76.8 Å². The van der Waals surface area contributed by atoms with Crippen molar-refractivity contribution in [2.45, 2.75) is 63.7 Å². The summed E-state index contributed by atoms with van der Waals surface area (Å²) in [5.41, 5.74) is 2.08. The first-order chi connectivity index (χ1) is 32.5. The highest BCUT2D eigenvalue weighted by Crippen LogP contribution is 2.36. The molecule has 3 aromatic carbocycles. The smallest absolute Gasteiger partial charge is 0.383 e. The molecule has 2 saturated heterocycles. The molecule has 7 rings (SSSR count). The summed E-state index contributed by atoms with van der Waals surface area (Å²) in [4.78, 5) is 76.5. The Morgan fingerprint density at radius 2 is 1.62 bits per heavy atom. The van der Waals surface area contributed by atoms with Crippen molar-refractivity contribution in [3.05, 3.63) is 95.2 Å². The minimum Gasteiger partial charge on any atom is -0.383 e. The largest absolute Gasteiger partial charge is 0.421 e. The van der Waals surface area contributed by atoms with Crippen LogP contribution in [0.3, 0.4) is 0 Å². The molecule has 4 heterocycles. The molecule has 0 spiro atoms. The third-order valence-electron chi connectivity index (χ3n) is 12.1. The van der Waals surface area contributed by atoms with E-state index in [1.54, 1.807) is 36.4 Å². The lowest BCUT2D eigenvalue weighted by Gasteiger charge is -2.36. The van der Waals surface area contributed by atoms with Gasteiger partial charge in [0, 0.05) is 89.0 Å². The number of rotatable bonds is 20. The summed E-state index contributed by atoms with van der Waals surface area (Å²) >= 11 is 0. The first-order valence-electron chi connectivity index (χ1n) is 22.4. The van der Waals surface area contributed by atoms with E-state index in [-0.39, 0.29) is 42.4 Å². The molecule has 5 amide bonds. The Kier molecular flexibility index (Phi) is 15.5. The number of aromatic nitrogens is 2. The monoisotopic (exact) mass is 961 g/mol. The van der Waals surface area contributed by atoms with Gasteiger partial charge >= 0.3 is 6.18 Å². The van der Waals surface area contributed by atoms with Crippen molar-refractivity contribution >= 4 is 74.1 Å². The molecule has 4 aromatic rings. The van der Waals surface area contributed by atoms with Gasteiger partial charge in [-0.25, -0.2) is 13.4 Å². The first-order valence-corrected chi connectivity index (χ1v) is 24.2. The van der Waals surface area contributed by atoms with Crippen molar-refractivity contribution in [3.63, 3.8) is 0 Å². The second-order valence-electron chi connectivity index (χ2n) is 16.8. The van der Waals surface area contributed by atoms with Crippen LogP contribution in [0.2, 0.25) is 0 Å². The van der Waals surface area contributed by atoms with Crippen LogP contribution in [0.4, 0.5) is 47.7 Å². The second-order valence-corrected chi connectivity index (χ2v) is 18.8. The second kappa shape index (κ2) is 21.4. The molecule has 0 aliphatic carbocycles. The number of para-hydroxylation sites is 1. The summed E-state index contributed by atoms with van der Waals surface area (Å²) in [5.74, 6) is -2.87. The Bertz CT molecular complexity index is 2630. The van der Waals surface area contributed by atoms with Crippen molar-refractivity contribution in [2.24, 2.45) is 0 Å². The van der Waals surface area contributed by atoms with Crippen LogP contribution in [-0.4, -0.2) is 123 Å². The van der Waals surface area contributed by atoms with Crippen LogP contribution in [0.15, 0.2) is 72.9 Å². The van der Waals surface area contributed by atoms with Gasteiger partial charge < -0.3 is 26.2 Å². The standard InChI is InChI=1S/C46H54F3N11O7S/c1-57(68(2,66)67)36-13-7-6-10-30(36)28-52-41-34(46(47,48)49)29-53-45(56-41)54-31-15-17-32(18-16-31)59-26-24-58(25-27-59)23-8-4-3-5-14-38(61)51-22-21-50-35-12-9-11-33-40(35)44(65)60(43(33)64)37-19-20-39(62)55-42(37)63/h6-7,9-13,15-18,29,37,50H,3-5,8,14,19-28H2,1-2H3,(H,51,61)(H,55,62,63)(H2,52,53,54,56). The number of carbonyl (C=O) groups is 5. The molecule has 1 aromatic heterocycles. The van der Waals surface area contributed by atoms with Crippen LogP contribution >= 0.6 is 0 Å². The van der Waals surface area contributed by atoms with Crippen molar-refractivity contribution in [2.75, 3.05) is 84.3 Å². The average Bonchev–Trinajstić information content (AvgIpc) is 3.56. The fraction of sp³-hybridized carbons (Fsp3) is 0.413. The van der Waals surface area contributed by atoms with E-state index in [9.17, 15) is 45.6 Å². The Labute approximate surface area is 392 Å². The molecule has 3 aliphatic rings. The predicted octanol–water partition coefficient (Wildman–Crippen LogP) is 4.95. The van der Waals surface area contributed by atoms with Gasteiger partial charge in [0.05, 0.1) is 23.1 Å². The third kappa shape index (κ3) is 12.0. The van der Waals surface area contributed by atoms with Crippen LogP contribution in [0.5, 0.6) is 0 Å². The zero-order valence-corrected chi connectivity index (χ0v) is 38.5. The highest BCUT2D eigenvalue weighted by molar-refractivity contribution is 7.92. The Morgan fingerprint density at radius 3 is 2.34 bits per heavy atom. The quantitative estimate of drug-likeness (QED) is 0.0586. The molecule has 3 aliphatic heterocycles. The van der Waals surface area contributed by atoms with Crippen LogP contribution in [-0.2, 0) is 37.1 Å². The van der Waals surface area contributed by atoms with E-state index >= 15 is 0 Å². The summed E-state index contributed by atoms with van der Waals surface area (Å²) in [5, 5.41) is 13.9. The molecule has 18 nitrogen and oxygen atoms in total. The number of piperidine rings is 1. The van der Waals surface area contributed by atoms with Crippen molar-refractivity contribution in [1.82, 2.24) is 30.4 Å². The normalized spacial score (nSPS) is 16.6. The van der Waals surface area contributed by atoms with Gasteiger partial charge in [0.1, 0.15) is 17.4 Å². The molecular formula is C46H54F3N11O7S. The molecule has 5 N–H and O–H groups in total. The number of amides is 5. The maximum atomic E-state index is 14.0. The summed E-state index contributed by atoms with van der Waals surface area (Å²) in [7, 11) is -2.24. The number of benzene rings is 3. The Balaban J connectivity index is 0.782. The first kappa shape index (κ1) is 49.1. The van der Waals surface area contributed by atoms with E-state index in [4.69, 9.17) is 0 Å². The highest BCUT2D eigenvalue weighted by atomic mass is 32.2. The molecule has 22 heteroatoms. The Hall–Kier alpha value is -6.81. The molecule has 1 unspecified atom stereocenters. The van der Waals surface area contributed by atoms with Crippen molar-refractivity contribution in [3.8, 4) is 0 Å². The van der Waals surface area contributed by atoms with E-state index in [0.29, 0.717) is 48.3 Å². The van der Waals surface area contributed by atoms with Gasteiger partial charge in [-0.1, -0.05) is 37.1 Å². The minimum absolute atomic E-state index is 0.0362. The number of piperazine rings is 1. The molecule has 0 bridgehead atoms. The number of fused-ring (bicyclic) bond motifs is 1. The van der Waals surface area contributed by atoms with E-state index < -0.39 is 57.3 Å². The molecule has 0 radical (unpaired) electrons. The number of unbranched alkanes of at least 4 members (excludes halogenated alkanes) is 3. The van der Waals surface area contributed by atoms with Crippen molar-refractivity contribution < 1.29 is 45.6 Å². The summed E-state index contributed by atoms with van der Waals surface area (Å²) in [6, 6.07) is 17.8. The number of carbonyl (C=O) groups excluding carboxylic acids is 5. The number of halogens is 3. The van der Waals surface area contributed by atoms with E-state index in [0.717, 1.165) is 79.6 Å². The van der Waals surface area contributed by atoms with Crippen LogP contribution in [0, 0.1) is 0 Å². The van der Waals surface area contributed by atoms with Gasteiger partial charge in [-0.05, 0) is 73.8 Å². The van der Waals surface area contributed by atoms with E-state index in [1.807, 2.05) is 24.3 Å². The number of nitrogens with zero attached hydrogens (tertiary/aromatic N) is 6. The van der Waals surface area contributed by atoms with Gasteiger partial charge in [0.25, 0.3) is 11.8 Å². The van der Waals surface area contributed by atoms with Gasteiger partial charge in [0.15, 0.2) is 0 Å². The van der Waals surface area contributed by atoms with Gasteiger partial charge in [0.2, 0.25) is 33.7 Å². The number of imide groups is 2. The van der Waals surface area contributed by atoms with E-state index in [2.05, 4.69) is 46.4 Å². The maximum absolute atomic E-state index is 14.0. The molecule has 1 atom stereocenters. The summed E-state index contributed by atoms with van der Waals surface area (Å²) in [6.45, 7) is 4.85. The summed E-state index contributed by atoms with van der Waals surface area (Å²) in [6.07, 6.45) is 1.17. The Morgan fingerprint density at radius 1 is 0.882 bits per heavy atom. The lowest BCUT2D eigenvalue weighted by molar-refractivity contribution is -0.138. The lowest BCUT2D eigenvalue weighted by atomic mass is 10.0. The van der Waals surface area contributed by atoms with Crippen LogP contribution in [0.25, 0.3) is 0 Å². The number of anilines is 6. The van der Waals surface area contributed by atoms with Gasteiger partial charge in [-0.2, -0.15) is 18.2 Å². The molecule has 0 saturated carbocycles. The number of sulfonamides is 1. The molecule has 2 fully saturated rings. The van der Waals surface area contributed by atoms with Crippen molar-refractivity contribution in [1.29, 1.82) is 0 Å². The lowest BCUT2D eigenvalue weighted by Crippen LogP contribution is -2.54. The number of nitrogens with one attached hydrogen (secondary N) is 5. The van der Waals surface area contributed by atoms with E-state index in [1.165, 1.54) is 13.1 Å². The highest BCUT2D eigenvalue weighted by Gasteiger charge is 2.45. The fourth-order valence-electron chi connectivity index (χ4n) is 8.35. The zero-order valence-electron chi connectivity index (χ0n) is 37.7. The third-order valence-corrected chi connectivity index (χ3v) is 13.3. The van der Waals surface area contributed by atoms with Gasteiger partial charge in [-0.3, -0.25) is 43.4 Å². The van der Waals surface area contributed by atoms with Crippen LogP contribution < -0.4 is 35.8 Å². The average molecular weight is 962 g/mol. The topological polar surface area (TPSA) is 218 Å². The SMILES string of the molecule is CN(c1ccccc1CNc1nc(Nc2ccc(N3CCN(CCCCCCC(=O)NCCNc4cccc5c4C(=O)N(C4CCC(=O)NC4=O)C5=O)CC3)cc2)ncc1C(F)(F)F)S(C)(=O)=O. The number of hydrogen-bond acceptors (Lipinski definition) is 14. The molecule has 68 heavy (non-hydrogen) atoms. The molecular weight excluding hydrogens is 908 g/mol. The predicted molar refractivity (Wildman–Crippen MR) is 250 cm³/mol. The zero-order chi connectivity index (χ0) is 48.6. The fourth-order valence-corrected chi connectivity index (χ4v) is 8.88.